The second-order valence-electron chi connectivity index (χ2n) is 4.18. The molecule has 0 aromatic heterocycles. The summed E-state index contributed by atoms with van der Waals surface area (Å²) in [6.45, 7) is 3.87. The van der Waals surface area contributed by atoms with Crippen molar-refractivity contribution in [3.63, 3.8) is 0 Å². The van der Waals surface area contributed by atoms with Gasteiger partial charge in [-0.2, -0.15) is 0 Å². The van der Waals surface area contributed by atoms with Crippen LogP contribution in [0.3, 0.4) is 0 Å². The van der Waals surface area contributed by atoms with Crippen molar-refractivity contribution in [3.05, 3.63) is 48.0 Å². The van der Waals surface area contributed by atoms with E-state index in [1.165, 1.54) is 0 Å². The van der Waals surface area contributed by atoms with Gasteiger partial charge in [0.15, 0.2) is 0 Å². The van der Waals surface area contributed by atoms with Crippen molar-refractivity contribution in [2.24, 2.45) is 5.92 Å². The number of hydrogen-bond acceptors (Lipinski definition) is 3. The lowest BCUT2D eigenvalue weighted by atomic mass is 9.99. The standard InChI is InChI=1S/C14H16O4/c1-10(2)14(11-6-4-3-5-7-11)18-13(17)9-8-12(15)16/h3-10,14H,1-2H3,(H,15,16). The minimum atomic E-state index is -1.17. The number of rotatable bonds is 5. The molecule has 1 N–H and O–H groups in total. The van der Waals surface area contributed by atoms with Gasteiger partial charge in [-0.15, -0.1) is 0 Å². The molecule has 0 heterocycles. The normalized spacial score (nSPS) is 12.6. The molecule has 0 spiro atoms. The van der Waals surface area contributed by atoms with Gasteiger partial charge in [0, 0.05) is 12.2 Å². The van der Waals surface area contributed by atoms with Crippen LogP contribution in [0.25, 0.3) is 0 Å². The van der Waals surface area contributed by atoms with E-state index in [1.54, 1.807) is 0 Å². The van der Waals surface area contributed by atoms with Gasteiger partial charge in [-0.25, -0.2) is 9.59 Å². The van der Waals surface area contributed by atoms with Crippen LogP contribution in [0.4, 0.5) is 0 Å². The van der Waals surface area contributed by atoms with E-state index in [1.807, 2.05) is 44.2 Å². The van der Waals surface area contributed by atoms with Crippen LogP contribution < -0.4 is 0 Å². The average Bonchev–Trinajstić information content (AvgIpc) is 2.34. The fourth-order valence-corrected chi connectivity index (χ4v) is 1.54. The molecule has 0 aliphatic heterocycles. The first-order chi connectivity index (χ1) is 8.50. The first-order valence-electron chi connectivity index (χ1n) is 5.67. The predicted octanol–water partition coefficient (Wildman–Crippen LogP) is 2.57. The summed E-state index contributed by atoms with van der Waals surface area (Å²) in [4.78, 5) is 21.8. The van der Waals surface area contributed by atoms with Gasteiger partial charge >= 0.3 is 11.9 Å². The third kappa shape index (κ3) is 4.41. The lowest BCUT2D eigenvalue weighted by molar-refractivity contribution is -0.146. The highest BCUT2D eigenvalue weighted by molar-refractivity contribution is 5.90. The Hall–Kier alpha value is -2.10. The molecule has 4 heteroatoms. The third-order valence-electron chi connectivity index (χ3n) is 2.34. The molecule has 0 saturated carbocycles. The maximum atomic E-state index is 11.5. The van der Waals surface area contributed by atoms with Crippen molar-refractivity contribution in [3.8, 4) is 0 Å². The Kier molecular flexibility index (Phi) is 5.11. The average molecular weight is 248 g/mol. The summed E-state index contributed by atoms with van der Waals surface area (Å²) in [5.41, 5.74) is 0.893. The summed E-state index contributed by atoms with van der Waals surface area (Å²) in [6, 6.07) is 9.36. The highest BCUT2D eigenvalue weighted by Crippen LogP contribution is 2.25. The summed E-state index contributed by atoms with van der Waals surface area (Å²) in [6.07, 6.45) is 1.31. The van der Waals surface area contributed by atoms with Crippen molar-refractivity contribution in [1.82, 2.24) is 0 Å². The first-order valence-corrected chi connectivity index (χ1v) is 5.67. The van der Waals surface area contributed by atoms with E-state index in [9.17, 15) is 9.59 Å². The van der Waals surface area contributed by atoms with Crippen molar-refractivity contribution < 1.29 is 19.4 Å². The Morgan fingerprint density at radius 3 is 2.28 bits per heavy atom. The molecule has 1 aromatic rings. The van der Waals surface area contributed by atoms with E-state index in [0.29, 0.717) is 0 Å². The summed E-state index contributed by atoms with van der Waals surface area (Å²) in [5, 5.41) is 8.43. The second-order valence-corrected chi connectivity index (χ2v) is 4.18. The lowest BCUT2D eigenvalue weighted by Crippen LogP contribution is -2.15. The lowest BCUT2D eigenvalue weighted by Gasteiger charge is -2.20. The number of ether oxygens (including phenoxy) is 1. The fourth-order valence-electron chi connectivity index (χ4n) is 1.54. The van der Waals surface area contributed by atoms with E-state index in [2.05, 4.69) is 0 Å². The Morgan fingerprint density at radius 1 is 1.17 bits per heavy atom. The SMILES string of the molecule is CC(C)C(OC(=O)C=CC(=O)O)c1ccccc1. The molecule has 0 fully saturated rings. The zero-order valence-electron chi connectivity index (χ0n) is 10.4. The largest absolute Gasteiger partial charge is 0.478 e. The smallest absolute Gasteiger partial charge is 0.331 e. The number of carbonyl (C=O) groups is 2. The number of benzene rings is 1. The van der Waals surface area contributed by atoms with E-state index in [0.717, 1.165) is 17.7 Å². The van der Waals surface area contributed by atoms with Gasteiger partial charge in [0.1, 0.15) is 6.10 Å². The van der Waals surface area contributed by atoms with Crippen LogP contribution in [0.2, 0.25) is 0 Å². The number of carboxylic acids is 1. The molecule has 0 amide bonds. The van der Waals surface area contributed by atoms with Gasteiger partial charge < -0.3 is 9.84 Å². The number of esters is 1. The molecular formula is C14H16O4. The van der Waals surface area contributed by atoms with Crippen LogP contribution in [0.5, 0.6) is 0 Å². The van der Waals surface area contributed by atoms with Gasteiger partial charge in [-0.05, 0) is 11.5 Å². The van der Waals surface area contributed by atoms with Crippen LogP contribution in [0, 0.1) is 5.92 Å². The number of hydrogen-bond donors (Lipinski definition) is 1. The molecule has 4 nitrogen and oxygen atoms in total. The quantitative estimate of drug-likeness (QED) is 0.642. The van der Waals surface area contributed by atoms with Crippen molar-refractivity contribution in [2.75, 3.05) is 0 Å². The van der Waals surface area contributed by atoms with Crippen LogP contribution in [-0.4, -0.2) is 17.0 Å². The molecule has 1 rings (SSSR count). The molecular weight excluding hydrogens is 232 g/mol. The summed E-state index contributed by atoms with van der Waals surface area (Å²) < 4.78 is 5.26. The first kappa shape index (κ1) is 14.0. The molecule has 1 unspecified atom stereocenters. The van der Waals surface area contributed by atoms with E-state index < -0.39 is 11.9 Å². The molecule has 18 heavy (non-hydrogen) atoms. The van der Waals surface area contributed by atoms with Gasteiger partial charge in [0.25, 0.3) is 0 Å². The highest BCUT2D eigenvalue weighted by Gasteiger charge is 2.19. The van der Waals surface area contributed by atoms with Crippen molar-refractivity contribution >= 4 is 11.9 Å². The molecule has 0 aliphatic rings. The molecule has 1 atom stereocenters. The number of carboxylic acid groups (broad SMARTS) is 1. The highest BCUT2D eigenvalue weighted by atomic mass is 16.5. The summed E-state index contributed by atoms with van der Waals surface area (Å²) in [5.74, 6) is -1.72. The number of carbonyl (C=O) groups excluding carboxylic acids is 1. The van der Waals surface area contributed by atoms with Crippen molar-refractivity contribution in [1.29, 1.82) is 0 Å². The third-order valence-corrected chi connectivity index (χ3v) is 2.34. The second kappa shape index (κ2) is 6.59. The Bertz CT molecular complexity index is 434. The van der Waals surface area contributed by atoms with E-state index >= 15 is 0 Å². The minimum absolute atomic E-state index is 0.106. The maximum absolute atomic E-state index is 11.5. The molecule has 0 bridgehead atoms. The number of aliphatic carboxylic acids is 1. The topological polar surface area (TPSA) is 63.6 Å². The Labute approximate surface area is 106 Å². The van der Waals surface area contributed by atoms with Gasteiger partial charge in [0.05, 0.1) is 0 Å². The molecule has 96 valence electrons. The van der Waals surface area contributed by atoms with Crippen LogP contribution in [-0.2, 0) is 14.3 Å². The minimum Gasteiger partial charge on any atom is -0.478 e. The van der Waals surface area contributed by atoms with E-state index in [-0.39, 0.29) is 12.0 Å². The van der Waals surface area contributed by atoms with Gasteiger partial charge in [-0.1, -0.05) is 44.2 Å². The van der Waals surface area contributed by atoms with Crippen LogP contribution in [0.1, 0.15) is 25.5 Å². The van der Waals surface area contributed by atoms with Gasteiger partial charge in [-0.3, -0.25) is 0 Å². The molecule has 0 radical (unpaired) electrons. The van der Waals surface area contributed by atoms with Crippen LogP contribution in [0.15, 0.2) is 42.5 Å². The Balaban J connectivity index is 2.76. The predicted molar refractivity (Wildman–Crippen MR) is 66.9 cm³/mol. The zero-order valence-corrected chi connectivity index (χ0v) is 10.4. The van der Waals surface area contributed by atoms with Crippen LogP contribution >= 0.6 is 0 Å². The monoisotopic (exact) mass is 248 g/mol. The maximum Gasteiger partial charge on any atom is 0.331 e. The fraction of sp³-hybridized carbons (Fsp3) is 0.286. The zero-order chi connectivity index (χ0) is 13.5. The Morgan fingerprint density at radius 2 is 1.78 bits per heavy atom. The molecule has 0 saturated heterocycles. The summed E-state index contributed by atoms with van der Waals surface area (Å²) >= 11 is 0. The summed E-state index contributed by atoms with van der Waals surface area (Å²) in [7, 11) is 0. The molecule has 0 aliphatic carbocycles. The molecule has 1 aromatic carbocycles. The van der Waals surface area contributed by atoms with E-state index in [4.69, 9.17) is 9.84 Å². The van der Waals surface area contributed by atoms with Crippen molar-refractivity contribution in [2.45, 2.75) is 20.0 Å². The van der Waals surface area contributed by atoms with Gasteiger partial charge in [0.2, 0.25) is 0 Å².